The highest BCUT2D eigenvalue weighted by Crippen LogP contribution is 2.42. The zero-order valence-electron chi connectivity index (χ0n) is 32.9. The van der Waals surface area contributed by atoms with Gasteiger partial charge >= 0.3 is 18.2 Å². The van der Waals surface area contributed by atoms with Crippen LogP contribution in [0.1, 0.15) is 85.6 Å². The molecule has 7 rings (SSSR count). The first kappa shape index (κ1) is 38.9. The molecule has 0 radical (unpaired) electrons. The van der Waals surface area contributed by atoms with Crippen molar-refractivity contribution < 1.29 is 48.0 Å². The molecule has 3 amide bonds. The first-order valence-electron chi connectivity index (χ1n) is 19.9. The Hall–Kier alpha value is -4.33. The van der Waals surface area contributed by atoms with Crippen molar-refractivity contribution in [3.05, 3.63) is 29.8 Å². The van der Waals surface area contributed by atoms with Crippen molar-refractivity contribution in [3.63, 3.8) is 0 Å². The van der Waals surface area contributed by atoms with Crippen molar-refractivity contribution in [3.8, 4) is 11.6 Å². The Balaban J connectivity index is 1.23. The minimum absolute atomic E-state index is 0.00143. The van der Waals surface area contributed by atoms with Gasteiger partial charge in [-0.15, -0.1) is 0 Å². The maximum absolute atomic E-state index is 14.2. The number of rotatable bonds is 3. The molecule has 4 fully saturated rings. The van der Waals surface area contributed by atoms with E-state index >= 15 is 0 Å². The van der Waals surface area contributed by atoms with Crippen LogP contribution in [-0.4, -0.2) is 113 Å². The third-order valence-electron chi connectivity index (χ3n) is 11.4. The number of carboxylic acid groups (broad SMARTS) is 1. The number of aliphatic carboxylic acids is 1. The summed E-state index contributed by atoms with van der Waals surface area (Å²) in [5.74, 6) is -0.548. The number of benzene rings is 1. The highest BCUT2D eigenvalue weighted by atomic mass is 16.6. The molecule has 2 N–H and O–H groups in total. The van der Waals surface area contributed by atoms with Crippen molar-refractivity contribution in [2.45, 2.75) is 122 Å². The molecule has 300 valence electrons. The van der Waals surface area contributed by atoms with E-state index in [2.05, 4.69) is 5.32 Å². The number of hydrogen-bond donors (Lipinski definition) is 2. The average molecular weight is 765 g/mol. The van der Waals surface area contributed by atoms with Crippen LogP contribution in [0.2, 0.25) is 0 Å². The predicted octanol–water partition coefficient (Wildman–Crippen LogP) is 5.57. The number of pyridine rings is 1. The van der Waals surface area contributed by atoms with Crippen molar-refractivity contribution >= 4 is 35.0 Å². The number of carboxylic acids is 1. The smallest absolute Gasteiger partial charge is 0.410 e. The fraction of sp³-hybridized carbons (Fsp3) is 0.683. The predicted molar refractivity (Wildman–Crippen MR) is 201 cm³/mol. The Morgan fingerprint density at radius 3 is 2.35 bits per heavy atom. The van der Waals surface area contributed by atoms with E-state index in [1.54, 1.807) is 4.90 Å². The number of ether oxygens (including phenoxy) is 5. The average Bonchev–Trinajstić information content (AvgIpc) is 3.68. The Bertz CT molecular complexity index is 1770. The molecule has 0 spiro atoms. The summed E-state index contributed by atoms with van der Waals surface area (Å²) in [4.78, 5) is 61.1. The number of amides is 3. The van der Waals surface area contributed by atoms with E-state index in [4.69, 9.17) is 28.7 Å². The van der Waals surface area contributed by atoms with Crippen LogP contribution in [-0.2, 0) is 30.2 Å². The topological polar surface area (TPSA) is 166 Å². The molecule has 14 nitrogen and oxygen atoms in total. The highest BCUT2D eigenvalue weighted by Gasteiger charge is 2.48. The quantitative estimate of drug-likeness (QED) is 0.401. The van der Waals surface area contributed by atoms with E-state index < -0.39 is 47.2 Å². The van der Waals surface area contributed by atoms with Crippen LogP contribution in [0.4, 0.5) is 9.59 Å². The van der Waals surface area contributed by atoms with E-state index in [0.29, 0.717) is 49.9 Å². The second-order valence-electron chi connectivity index (χ2n) is 18.1. The molecule has 55 heavy (non-hydrogen) atoms. The van der Waals surface area contributed by atoms with Gasteiger partial charge in [0, 0.05) is 36.7 Å². The maximum Gasteiger partial charge on any atom is 0.410 e. The highest BCUT2D eigenvalue weighted by molar-refractivity contribution is 5.91. The van der Waals surface area contributed by atoms with E-state index in [9.17, 15) is 24.3 Å². The Morgan fingerprint density at radius 1 is 0.927 bits per heavy atom. The second-order valence-corrected chi connectivity index (χ2v) is 18.1. The van der Waals surface area contributed by atoms with Gasteiger partial charge < -0.3 is 43.9 Å². The zero-order valence-corrected chi connectivity index (χ0v) is 32.9. The zero-order chi connectivity index (χ0) is 39.2. The van der Waals surface area contributed by atoms with Crippen LogP contribution in [0.25, 0.3) is 10.9 Å². The first-order valence-corrected chi connectivity index (χ1v) is 19.9. The van der Waals surface area contributed by atoms with Crippen LogP contribution in [0, 0.1) is 23.2 Å². The van der Waals surface area contributed by atoms with Crippen LogP contribution in [0.15, 0.2) is 24.3 Å². The summed E-state index contributed by atoms with van der Waals surface area (Å²) >= 11 is 0. The monoisotopic (exact) mass is 764 g/mol. The molecule has 1 aliphatic carbocycles. The molecular weight excluding hydrogens is 708 g/mol. The number of carbonyl (C=O) groups excluding carboxylic acids is 3. The number of nitrogens with one attached hydrogen (secondary N) is 1. The molecule has 5 heterocycles. The summed E-state index contributed by atoms with van der Waals surface area (Å²) in [5.41, 5.74) is 0.131. The normalized spacial score (nSPS) is 30.4. The van der Waals surface area contributed by atoms with Gasteiger partial charge in [-0.2, -0.15) is 0 Å². The minimum atomic E-state index is -1.16. The van der Waals surface area contributed by atoms with E-state index in [1.165, 1.54) is 4.90 Å². The lowest BCUT2D eigenvalue weighted by molar-refractivity contribution is -0.150. The standard InChI is InChI=1S/C41H56N4O10/c1-40(2,3)34-36(46)45-20-26(17-30(45)37(47)48)52-35-28(14-9-7-8-12-23-16-31(23)53-38(49)43-34)33(27-13-10-11-15-29(27)42-35)54-32-24-18-44(19-25(32)22-51-21-24)39(50)55-41(4,5)6/h10-11,13,15,23-26,30-32,34H,7-9,12,14,16-22H2,1-6H3,(H,43,49)(H,47,48)/t23-,24?,25?,26-,30+,31-,32?,34-/m1/s1. The van der Waals surface area contributed by atoms with Crippen molar-refractivity contribution in [2.24, 2.45) is 23.2 Å². The van der Waals surface area contributed by atoms with Crippen LogP contribution in [0.5, 0.6) is 11.6 Å². The van der Waals surface area contributed by atoms with Gasteiger partial charge in [0.15, 0.2) is 0 Å². The Kier molecular flexibility index (Phi) is 10.8. The molecule has 2 aromatic rings. The molecule has 1 aromatic carbocycles. The van der Waals surface area contributed by atoms with Crippen molar-refractivity contribution in [1.29, 1.82) is 0 Å². The molecule has 1 saturated carbocycles. The molecule has 3 saturated heterocycles. The van der Waals surface area contributed by atoms with Gasteiger partial charge in [0.1, 0.15) is 41.7 Å². The van der Waals surface area contributed by atoms with Gasteiger partial charge in [0.2, 0.25) is 11.8 Å². The summed E-state index contributed by atoms with van der Waals surface area (Å²) < 4.78 is 31.3. The molecule has 7 atom stereocenters. The summed E-state index contributed by atoms with van der Waals surface area (Å²) in [7, 11) is 0. The van der Waals surface area contributed by atoms with Crippen LogP contribution in [0.3, 0.4) is 0 Å². The van der Waals surface area contributed by atoms with Gasteiger partial charge in [0.05, 0.1) is 30.8 Å². The van der Waals surface area contributed by atoms with E-state index in [-0.39, 0.29) is 49.0 Å². The Morgan fingerprint density at radius 2 is 1.65 bits per heavy atom. The number of fused-ring (bicyclic) bond motifs is 7. The minimum Gasteiger partial charge on any atom is -0.488 e. The second kappa shape index (κ2) is 15.3. The molecule has 2 unspecified atom stereocenters. The van der Waals surface area contributed by atoms with Crippen LogP contribution >= 0.6 is 0 Å². The molecule has 5 aliphatic rings. The number of piperidine rings is 1. The van der Waals surface area contributed by atoms with E-state index in [1.807, 2.05) is 65.8 Å². The number of alkyl carbamates (subject to hydrolysis) is 1. The molecule has 1 aromatic heterocycles. The van der Waals surface area contributed by atoms with E-state index in [0.717, 1.165) is 43.1 Å². The summed E-state index contributed by atoms with van der Waals surface area (Å²) in [6, 6.07) is 5.58. The lowest BCUT2D eigenvalue weighted by Gasteiger charge is -2.46. The Labute approximate surface area is 322 Å². The van der Waals surface area contributed by atoms with Crippen LogP contribution < -0.4 is 14.8 Å². The molecule has 14 heteroatoms. The SMILES string of the molecule is CC(C)(C)OC(=O)N1CC2COCC(C1)C2Oc1c2c(nc3ccccc13)O[C@@H]1C[C@@H](C(=O)O)N(C1)C(=O)[C@H](C(C)(C)C)NC(=O)O[C@@H]1C[C@H]1CCCCC2. The maximum atomic E-state index is 14.2. The summed E-state index contributed by atoms with van der Waals surface area (Å²) in [6.07, 6.45) is 2.88. The number of carbonyl (C=O) groups is 4. The molecule has 4 aliphatic heterocycles. The number of aromatic nitrogens is 1. The fourth-order valence-electron chi connectivity index (χ4n) is 8.53. The summed E-state index contributed by atoms with van der Waals surface area (Å²) in [6.45, 7) is 12.8. The fourth-order valence-corrected chi connectivity index (χ4v) is 8.53. The summed E-state index contributed by atoms with van der Waals surface area (Å²) in [5, 5.41) is 13.9. The van der Waals surface area contributed by atoms with Gasteiger partial charge in [-0.3, -0.25) is 4.79 Å². The third kappa shape index (κ3) is 8.74. The lowest BCUT2D eigenvalue weighted by atomic mass is 9.84. The third-order valence-corrected chi connectivity index (χ3v) is 11.4. The lowest BCUT2D eigenvalue weighted by Crippen LogP contribution is -2.59. The van der Waals surface area contributed by atoms with Gasteiger partial charge in [0.25, 0.3) is 0 Å². The first-order chi connectivity index (χ1) is 26.1. The number of nitrogens with zero attached hydrogens (tertiary/aromatic N) is 3. The molecule has 4 bridgehead atoms. The largest absolute Gasteiger partial charge is 0.488 e. The van der Waals surface area contributed by atoms with Gasteiger partial charge in [-0.25, -0.2) is 19.4 Å². The number of para-hydroxylation sites is 1. The molecular formula is C41H56N4O10. The van der Waals surface area contributed by atoms with Crippen molar-refractivity contribution in [1.82, 2.24) is 20.1 Å². The number of hydrogen-bond acceptors (Lipinski definition) is 10. The van der Waals surface area contributed by atoms with Gasteiger partial charge in [-0.1, -0.05) is 45.7 Å². The number of likely N-dealkylation sites (tertiary alicyclic amines) is 1. The van der Waals surface area contributed by atoms with Crippen molar-refractivity contribution in [2.75, 3.05) is 32.8 Å². The van der Waals surface area contributed by atoms with Gasteiger partial charge in [-0.05, 0) is 69.9 Å².